The lowest BCUT2D eigenvalue weighted by atomic mass is 10.4. The fourth-order valence-electron chi connectivity index (χ4n) is 0.298. The predicted molar refractivity (Wildman–Crippen MR) is 32.9 cm³/mol. The molecule has 50 valence electrons. The molecule has 0 saturated heterocycles. The molecule has 0 fully saturated rings. The fourth-order valence-corrected chi connectivity index (χ4v) is 0.424. The van der Waals surface area contributed by atoms with Crippen molar-refractivity contribution >= 4 is 11.6 Å². The first-order valence-corrected chi connectivity index (χ1v) is 3.06. The van der Waals surface area contributed by atoms with Crippen molar-refractivity contribution in [1.29, 1.82) is 0 Å². The number of rotatable bonds is 3. The third kappa shape index (κ3) is 3.24. The van der Waals surface area contributed by atoms with Crippen LogP contribution in [-0.2, 0) is 4.74 Å². The average Bonchev–Trinajstić information content (AvgIpc) is 1.67. The van der Waals surface area contributed by atoms with Crippen molar-refractivity contribution in [3.05, 3.63) is 0 Å². The quantitative estimate of drug-likeness (QED) is 0.589. The number of ether oxygens (including phenoxy) is 1. The summed E-state index contributed by atoms with van der Waals surface area (Å²) in [5.41, 5.74) is -0.556. The SMILES string of the molecule is CCO[C@H](Cl)C(C)O. The summed E-state index contributed by atoms with van der Waals surface area (Å²) in [6.07, 6.45) is -0.586. The molecule has 2 atom stereocenters. The van der Waals surface area contributed by atoms with Gasteiger partial charge in [0.15, 0.2) is 5.56 Å². The Hall–Kier alpha value is 0.210. The maximum Gasteiger partial charge on any atom is 0.156 e. The third-order valence-corrected chi connectivity index (χ3v) is 1.20. The molecule has 0 heterocycles. The standard InChI is InChI=1S/C5H11ClO2/c1-3-8-5(6)4(2)7/h4-5,7H,3H2,1-2H3/t4?,5-/m0/s1. The zero-order valence-corrected chi connectivity index (χ0v) is 5.85. The maximum absolute atomic E-state index is 8.70. The molecule has 0 aliphatic carbocycles. The Morgan fingerprint density at radius 3 is 2.38 bits per heavy atom. The number of halogens is 1. The number of aliphatic hydroxyl groups is 1. The molecule has 0 saturated carbocycles. The molecule has 0 amide bonds. The first-order valence-electron chi connectivity index (χ1n) is 2.62. The lowest BCUT2D eigenvalue weighted by molar-refractivity contribution is 0.0249. The van der Waals surface area contributed by atoms with E-state index in [1.807, 2.05) is 6.92 Å². The Kier molecular flexibility index (Phi) is 4.23. The molecule has 3 heteroatoms. The van der Waals surface area contributed by atoms with Gasteiger partial charge in [0, 0.05) is 6.61 Å². The van der Waals surface area contributed by atoms with Crippen molar-refractivity contribution in [3.63, 3.8) is 0 Å². The van der Waals surface area contributed by atoms with Gasteiger partial charge in [0.2, 0.25) is 0 Å². The highest BCUT2D eigenvalue weighted by molar-refractivity contribution is 6.20. The largest absolute Gasteiger partial charge is 0.389 e. The van der Waals surface area contributed by atoms with Crippen molar-refractivity contribution < 1.29 is 9.84 Å². The minimum atomic E-state index is -0.586. The van der Waals surface area contributed by atoms with Crippen LogP contribution in [-0.4, -0.2) is 23.4 Å². The van der Waals surface area contributed by atoms with Gasteiger partial charge in [-0.3, -0.25) is 0 Å². The van der Waals surface area contributed by atoms with Gasteiger partial charge in [0.1, 0.15) is 0 Å². The van der Waals surface area contributed by atoms with Gasteiger partial charge in [-0.15, -0.1) is 0 Å². The minimum Gasteiger partial charge on any atom is -0.389 e. The summed E-state index contributed by atoms with van der Waals surface area (Å²) in [4.78, 5) is 0. The molecule has 0 aromatic heterocycles. The molecule has 0 spiro atoms. The first-order chi connectivity index (χ1) is 3.68. The van der Waals surface area contributed by atoms with Crippen molar-refractivity contribution in [2.45, 2.75) is 25.5 Å². The van der Waals surface area contributed by atoms with E-state index in [0.29, 0.717) is 6.61 Å². The topological polar surface area (TPSA) is 29.5 Å². The zero-order valence-electron chi connectivity index (χ0n) is 5.10. The molecule has 0 aromatic rings. The van der Waals surface area contributed by atoms with E-state index >= 15 is 0 Å². The van der Waals surface area contributed by atoms with Crippen LogP contribution in [0.25, 0.3) is 0 Å². The van der Waals surface area contributed by atoms with E-state index in [0.717, 1.165) is 0 Å². The minimum absolute atomic E-state index is 0.541. The van der Waals surface area contributed by atoms with Gasteiger partial charge in [-0.1, -0.05) is 11.6 Å². The summed E-state index contributed by atoms with van der Waals surface area (Å²) < 4.78 is 4.82. The Morgan fingerprint density at radius 2 is 2.25 bits per heavy atom. The number of alkyl halides is 1. The van der Waals surface area contributed by atoms with Gasteiger partial charge >= 0.3 is 0 Å². The molecule has 0 aromatic carbocycles. The lowest BCUT2D eigenvalue weighted by Crippen LogP contribution is -2.19. The summed E-state index contributed by atoms with van der Waals surface area (Å²) in [6, 6.07) is 0. The number of hydrogen-bond donors (Lipinski definition) is 1. The molecule has 0 bridgehead atoms. The van der Waals surface area contributed by atoms with Crippen LogP contribution in [0.2, 0.25) is 0 Å². The number of aliphatic hydroxyl groups excluding tert-OH is 1. The van der Waals surface area contributed by atoms with Crippen LogP contribution < -0.4 is 0 Å². The molecule has 1 unspecified atom stereocenters. The van der Waals surface area contributed by atoms with E-state index < -0.39 is 11.7 Å². The van der Waals surface area contributed by atoms with Crippen LogP contribution in [0.15, 0.2) is 0 Å². The van der Waals surface area contributed by atoms with Crippen LogP contribution >= 0.6 is 11.6 Å². The second-order valence-corrected chi connectivity index (χ2v) is 1.98. The highest BCUT2D eigenvalue weighted by Crippen LogP contribution is 2.02. The lowest BCUT2D eigenvalue weighted by Gasteiger charge is -2.10. The Labute approximate surface area is 54.4 Å². The van der Waals surface area contributed by atoms with E-state index in [1.54, 1.807) is 6.92 Å². The molecule has 0 radical (unpaired) electrons. The number of hydrogen-bond acceptors (Lipinski definition) is 2. The molecule has 1 N–H and O–H groups in total. The normalized spacial score (nSPS) is 18.0. The van der Waals surface area contributed by atoms with Crippen LogP contribution in [0, 0.1) is 0 Å². The highest BCUT2D eigenvalue weighted by Gasteiger charge is 2.08. The van der Waals surface area contributed by atoms with Gasteiger partial charge in [0.05, 0.1) is 6.10 Å². The van der Waals surface area contributed by atoms with Crippen LogP contribution in [0.5, 0.6) is 0 Å². The Bertz CT molecular complexity index is 56.4. The molecule has 0 aliphatic rings. The first kappa shape index (κ1) is 8.21. The van der Waals surface area contributed by atoms with Crippen molar-refractivity contribution in [1.82, 2.24) is 0 Å². The van der Waals surface area contributed by atoms with Gasteiger partial charge < -0.3 is 9.84 Å². The maximum atomic E-state index is 8.70. The van der Waals surface area contributed by atoms with E-state index in [-0.39, 0.29) is 0 Å². The molecule has 0 rings (SSSR count). The molecular weight excluding hydrogens is 128 g/mol. The van der Waals surface area contributed by atoms with Crippen LogP contribution in [0.1, 0.15) is 13.8 Å². The summed E-state index contributed by atoms with van der Waals surface area (Å²) >= 11 is 5.44. The second-order valence-electron chi connectivity index (χ2n) is 1.55. The third-order valence-electron chi connectivity index (χ3n) is 0.705. The van der Waals surface area contributed by atoms with Gasteiger partial charge in [0.25, 0.3) is 0 Å². The van der Waals surface area contributed by atoms with Gasteiger partial charge in [-0.2, -0.15) is 0 Å². The highest BCUT2D eigenvalue weighted by atomic mass is 35.5. The summed E-state index contributed by atoms with van der Waals surface area (Å²) in [5.74, 6) is 0. The van der Waals surface area contributed by atoms with Crippen molar-refractivity contribution in [2.24, 2.45) is 0 Å². The summed E-state index contributed by atoms with van der Waals surface area (Å²) in [6.45, 7) is 3.96. The summed E-state index contributed by atoms with van der Waals surface area (Å²) in [7, 11) is 0. The van der Waals surface area contributed by atoms with Gasteiger partial charge in [-0.25, -0.2) is 0 Å². The summed E-state index contributed by atoms with van der Waals surface area (Å²) in [5, 5.41) is 8.70. The zero-order chi connectivity index (χ0) is 6.57. The average molecular weight is 139 g/mol. The van der Waals surface area contributed by atoms with E-state index in [9.17, 15) is 0 Å². The van der Waals surface area contributed by atoms with E-state index in [1.165, 1.54) is 0 Å². The van der Waals surface area contributed by atoms with Gasteiger partial charge in [-0.05, 0) is 13.8 Å². The second kappa shape index (κ2) is 4.13. The fraction of sp³-hybridized carbons (Fsp3) is 1.00. The predicted octanol–water partition coefficient (Wildman–Crippen LogP) is 0.969. The van der Waals surface area contributed by atoms with Crippen LogP contribution in [0.4, 0.5) is 0 Å². The Balaban J connectivity index is 3.17. The van der Waals surface area contributed by atoms with Crippen LogP contribution in [0.3, 0.4) is 0 Å². The van der Waals surface area contributed by atoms with E-state index in [4.69, 9.17) is 21.4 Å². The molecule has 2 nitrogen and oxygen atoms in total. The smallest absolute Gasteiger partial charge is 0.156 e. The monoisotopic (exact) mass is 138 g/mol. The van der Waals surface area contributed by atoms with E-state index in [2.05, 4.69) is 0 Å². The van der Waals surface area contributed by atoms with Crippen molar-refractivity contribution in [3.8, 4) is 0 Å². The Morgan fingerprint density at radius 1 is 1.75 bits per heavy atom. The van der Waals surface area contributed by atoms with Crippen molar-refractivity contribution in [2.75, 3.05) is 6.61 Å². The molecule has 0 aliphatic heterocycles. The molecule has 8 heavy (non-hydrogen) atoms. The molecular formula is C5H11ClO2.